The summed E-state index contributed by atoms with van der Waals surface area (Å²) in [5.74, 6) is -8.11. The molecule has 0 radical (unpaired) electrons. The SMILES string of the molecule is CN(C)/C=C(/C#N)C(=O)C(F)(F)C(F)(F)F.CN(C)/C=C\C#N.I. The number of carbonyl (C=O) groups is 1. The lowest BCUT2D eigenvalue weighted by Gasteiger charge is -2.18. The third kappa shape index (κ3) is 9.99. The zero-order valence-corrected chi connectivity index (χ0v) is 15.6. The smallest absolute Gasteiger partial charge is 0.383 e. The maximum Gasteiger partial charge on any atom is 0.461 e. The number of rotatable bonds is 4. The summed E-state index contributed by atoms with van der Waals surface area (Å²) in [6.45, 7) is 0. The summed E-state index contributed by atoms with van der Waals surface area (Å²) in [5.41, 5.74) is -1.26. The molecule has 0 saturated carbocycles. The van der Waals surface area contributed by atoms with E-state index in [0.717, 1.165) is 11.0 Å². The van der Waals surface area contributed by atoms with Gasteiger partial charge in [-0.05, 0) is 0 Å². The van der Waals surface area contributed by atoms with E-state index >= 15 is 0 Å². The topological polar surface area (TPSA) is 71.1 Å². The average Bonchev–Trinajstić information content (AvgIpc) is 2.40. The van der Waals surface area contributed by atoms with Gasteiger partial charge in [-0.25, -0.2) is 0 Å². The van der Waals surface area contributed by atoms with Crippen molar-refractivity contribution in [1.82, 2.24) is 9.80 Å². The fourth-order valence-electron chi connectivity index (χ4n) is 0.877. The van der Waals surface area contributed by atoms with E-state index in [1.807, 2.05) is 25.1 Å². The van der Waals surface area contributed by atoms with Crippen molar-refractivity contribution >= 4 is 29.8 Å². The van der Waals surface area contributed by atoms with Crippen molar-refractivity contribution in [3.8, 4) is 12.1 Å². The molecule has 0 rings (SSSR count). The van der Waals surface area contributed by atoms with Crippen molar-refractivity contribution in [2.75, 3.05) is 28.2 Å². The summed E-state index contributed by atoms with van der Waals surface area (Å²) >= 11 is 0. The monoisotopic (exact) mass is 466 g/mol. The molecule has 24 heavy (non-hydrogen) atoms. The van der Waals surface area contributed by atoms with Crippen LogP contribution < -0.4 is 0 Å². The molecule has 0 saturated heterocycles. The highest BCUT2D eigenvalue weighted by Crippen LogP contribution is 2.37. The van der Waals surface area contributed by atoms with E-state index in [-0.39, 0.29) is 24.0 Å². The lowest BCUT2D eigenvalue weighted by molar-refractivity contribution is -0.266. The number of allylic oxidation sites excluding steroid dienone is 2. The Balaban J connectivity index is -0.000000468. The molecular formula is C13H16F5IN4O. The van der Waals surface area contributed by atoms with Crippen molar-refractivity contribution in [2.24, 2.45) is 0 Å². The molecule has 0 bridgehead atoms. The van der Waals surface area contributed by atoms with Crippen LogP contribution in [0.5, 0.6) is 0 Å². The summed E-state index contributed by atoms with van der Waals surface area (Å²) in [6.07, 6.45) is -2.28. The van der Waals surface area contributed by atoms with Crippen LogP contribution in [0, 0.1) is 22.7 Å². The molecule has 0 amide bonds. The van der Waals surface area contributed by atoms with Crippen LogP contribution >= 0.6 is 24.0 Å². The number of carbonyl (C=O) groups excluding carboxylic acids is 1. The fraction of sp³-hybridized carbons (Fsp3) is 0.462. The van der Waals surface area contributed by atoms with Crippen LogP contribution in [0.15, 0.2) is 24.0 Å². The molecule has 0 atom stereocenters. The Morgan fingerprint density at radius 1 is 1.00 bits per heavy atom. The number of nitrogens with zero attached hydrogens (tertiary/aromatic N) is 4. The molecule has 0 aliphatic heterocycles. The molecule has 0 aromatic heterocycles. The Kier molecular flexibility index (Phi) is 13.1. The molecule has 0 spiro atoms. The largest absolute Gasteiger partial charge is 0.461 e. The highest BCUT2D eigenvalue weighted by atomic mass is 127. The molecular weight excluding hydrogens is 450 g/mol. The highest BCUT2D eigenvalue weighted by molar-refractivity contribution is 14.0. The Bertz CT molecular complexity index is 542. The van der Waals surface area contributed by atoms with E-state index in [0.29, 0.717) is 6.20 Å². The molecule has 11 heteroatoms. The third-order valence-corrected chi connectivity index (χ3v) is 1.84. The molecule has 0 unspecified atom stereocenters. The molecule has 0 heterocycles. The first kappa shape index (κ1) is 27.0. The van der Waals surface area contributed by atoms with Gasteiger partial charge in [-0.1, -0.05) is 0 Å². The Morgan fingerprint density at radius 3 is 1.67 bits per heavy atom. The summed E-state index contributed by atoms with van der Waals surface area (Å²) in [5, 5.41) is 16.3. The first-order valence-electron chi connectivity index (χ1n) is 5.81. The van der Waals surface area contributed by atoms with Gasteiger partial charge in [-0.2, -0.15) is 32.5 Å². The highest BCUT2D eigenvalue weighted by Gasteiger charge is 2.63. The zero-order valence-electron chi connectivity index (χ0n) is 13.2. The first-order chi connectivity index (χ1) is 10.3. The van der Waals surface area contributed by atoms with Gasteiger partial charge < -0.3 is 9.80 Å². The maximum absolute atomic E-state index is 12.5. The predicted octanol–water partition coefficient (Wildman–Crippen LogP) is 2.93. The predicted molar refractivity (Wildman–Crippen MR) is 87.2 cm³/mol. The lowest BCUT2D eigenvalue weighted by atomic mass is 10.1. The molecule has 0 aliphatic carbocycles. The molecule has 0 aliphatic rings. The van der Waals surface area contributed by atoms with Gasteiger partial charge in [0.05, 0.1) is 6.07 Å². The minimum atomic E-state index is -6.01. The summed E-state index contributed by atoms with van der Waals surface area (Å²) in [4.78, 5) is 13.6. The summed E-state index contributed by atoms with van der Waals surface area (Å²) in [7, 11) is 6.29. The fourth-order valence-corrected chi connectivity index (χ4v) is 0.877. The van der Waals surface area contributed by atoms with E-state index in [2.05, 4.69) is 0 Å². The Hall–Kier alpha value is -1.89. The Labute approximate surface area is 153 Å². The van der Waals surface area contributed by atoms with E-state index < -0.39 is 23.5 Å². The van der Waals surface area contributed by atoms with Crippen LogP contribution in [0.1, 0.15) is 0 Å². The van der Waals surface area contributed by atoms with E-state index in [4.69, 9.17) is 10.5 Å². The van der Waals surface area contributed by atoms with Crippen LogP contribution in [0.25, 0.3) is 0 Å². The van der Waals surface area contributed by atoms with Gasteiger partial charge in [0.25, 0.3) is 5.78 Å². The second-order valence-electron chi connectivity index (χ2n) is 4.43. The second kappa shape index (κ2) is 11.6. The van der Waals surface area contributed by atoms with Crippen LogP contribution in [0.4, 0.5) is 22.0 Å². The van der Waals surface area contributed by atoms with Gasteiger partial charge in [0, 0.05) is 46.7 Å². The van der Waals surface area contributed by atoms with E-state index in [1.54, 1.807) is 6.20 Å². The third-order valence-electron chi connectivity index (χ3n) is 1.84. The summed E-state index contributed by atoms with van der Waals surface area (Å²) < 4.78 is 60.4. The molecule has 0 aromatic rings. The van der Waals surface area contributed by atoms with Crippen LogP contribution in [0.2, 0.25) is 0 Å². The minimum absolute atomic E-state index is 0. The van der Waals surface area contributed by atoms with E-state index in [1.165, 1.54) is 20.2 Å². The van der Waals surface area contributed by atoms with Gasteiger partial charge in [0.1, 0.15) is 11.6 Å². The van der Waals surface area contributed by atoms with Crippen molar-refractivity contribution in [3.05, 3.63) is 24.0 Å². The van der Waals surface area contributed by atoms with Gasteiger partial charge in [0.2, 0.25) is 0 Å². The van der Waals surface area contributed by atoms with Crippen molar-refractivity contribution in [1.29, 1.82) is 10.5 Å². The van der Waals surface area contributed by atoms with Gasteiger partial charge >= 0.3 is 12.1 Å². The van der Waals surface area contributed by atoms with Crippen LogP contribution in [-0.2, 0) is 4.79 Å². The maximum atomic E-state index is 12.5. The number of ketones is 1. The lowest BCUT2D eigenvalue weighted by Crippen LogP contribution is -2.44. The molecule has 0 aromatic carbocycles. The van der Waals surface area contributed by atoms with Crippen molar-refractivity contribution in [3.63, 3.8) is 0 Å². The second-order valence-corrected chi connectivity index (χ2v) is 4.43. The number of hydrogen-bond donors (Lipinski definition) is 0. The average molecular weight is 466 g/mol. The van der Waals surface area contributed by atoms with Gasteiger partial charge in [-0.3, -0.25) is 4.79 Å². The number of hydrogen-bond acceptors (Lipinski definition) is 5. The number of alkyl halides is 5. The first-order valence-corrected chi connectivity index (χ1v) is 5.81. The number of halogens is 6. The van der Waals surface area contributed by atoms with E-state index in [9.17, 15) is 26.7 Å². The number of nitriles is 2. The zero-order chi connectivity index (χ0) is 18.8. The quantitative estimate of drug-likeness (QED) is 0.276. The van der Waals surface area contributed by atoms with Gasteiger partial charge in [0.15, 0.2) is 0 Å². The molecule has 136 valence electrons. The van der Waals surface area contributed by atoms with Crippen molar-refractivity contribution < 1.29 is 26.7 Å². The summed E-state index contributed by atoms with van der Waals surface area (Å²) in [6, 6.07) is 2.88. The normalized spacial score (nSPS) is 11.4. The van der Waals surface area contributed by atoms with Gasteiger partial charge in [-0.15, -0.1) is 24.0 Å². The van der Waals surface area contributed by atoms with Crippen molar-refractivity contribution in [2.45, 2.75) is 12.1 Å². The minimum Gasteiger partial charge on any atom is -0.383 e. The van der Waals surface area contributed by atoms with Crippen LogP contribution in [-0.4, -0.2) is 55.9 Å². The molecule has 0 N–H and O–H groups in total. The molecule has 5 nitrogen and oxygen atoms in total. The Morgan fingerprint density at radius 2 is 1.46 bits per heavy atom. The number of Topliss-reactive ketones (excluding diaryl/α,β-unsaturated/α-hetero) is 1. The molecule has 0 fully saturated rings. The standard InChI is InChI=1S/C8H7F5N2O.C5H8N2.HI/c1-15(2)4-5(3-14)6(16)7(9,10)8(11,12)13;1-7(2)5-3-4-6;/h4H,1-2H3;3,5H,1-2H3;1H/b5-4-;5-3-;. The van der Waals surface area contributed by atoms with Crippen LogP contribution in [0.3, 0.4) is 0 Å².